The van der Waals surface area contributed by atoms with Crippen LogP contribution < -0.4 is 0 Å². The van der Waals surface area contributed by atoms with Crippen LogP contribution in [0.5, 0.6) is 0 Å². The van der Waals surface area contributed by atoms with Crippen molar-refractivity contribution >= 4 is 5.97 Å². The van der Waals surface area contributed by atoms with Crippen molar-refractivity contribution in [2.75, 3.05) is 0 Å². The number of aliphatic carboxylic acids is 1. The number of hydrogen-bond acceptors (Lipinski definition) is 2. The van der Waals surface area contributed by atoms with Crippen LogP contribution in [0.15, 0.2) is 0 Å². The van der Waals surface area contributed by atoms with Gasteiger partial charge in [0, 0.05) is 6.42 Å². The van der Waals surface area contributed by atoms with Gasteiger partial charge in [0.15, 0.2) is 6.10 Å². The van der Waals surface area contributed by atoms with E-state index >= 15 is 0 Å². The predicted molar refractivity (Wildman–Crippen MR) is 28.9 cm³/mol. The van der Waals surface area contributed by atoms with Crippen LogP contribution in [-0.4, -0.2) is 28.5 Å². The van der Waals surface area contributed by atoms with E-state index in [1.807, 2.05) is 0 Å². The number of hydrogen-bond donors (Lipinski definition) is 2. The van der Waals surface area contributed by atoms with E-state index in [1.165, 1.54) is 0 Å². The first-order chi connectivity index (χ1) is 4.83. The Morgan fingerprint density at radius 2 is 1.91 bits per heavy atom. The molecule has 66 valence electrons. The highest BCUT2D eigenvalue weighted by atomic mass is 19.4. The molecule has 11 heavy (non-hydrogen) atoms. The molecule has 0 amide bonds. The molecule has 0 aliphatic heterocycles. The molecule has 1 atom stereocenters. The first kappa shape index (κ1) is 10.2. The van der Waals surface area contributed by atoms with Crippen molar-refractivity contribution in [3.8, 4) is 0 Å². The molecule has 0 radical (unpaired) electrons. The van der Waals surface area contributed by atoms with E-state index in [9.17, 15) is 18.0 Å². The summed E-state index contributed by atoms with van der Waals surface area (Å²) in [4.78, 5) is 9.80. The minimum Gasteiger partial charge on any atom is -0.479 e. The van der Waals surface area contributed by atoms with Crippen LogP contribution >= 0.6 is 0 Å². The van der Waals surface area contributed by atoms with Crippen molar-refractivity contribution in [3.63, 3.8) is 0 Å². The van der Waals surface area contributed by atoms with Crippen LogP contribution in [0.3, 0.4) is 0 Å². The van der Waals surface area contributed by atoms with Crippen molar-refractivity contribution in [3.05, 3.63) is 0 Å². The SMILES string of the molecule is O=C(O)C(O)CCC(F)(F)F. The molecule has 1 unspecified atom stereocenters. The third kappa shape index (κ3) is 5.65. The van der Waals surface area contributed by atoms with Crippen molar-refractivity contribution in [2.24, 2.45) is 0 Å². The summed E-state index contributed by atoms with van der Waals surface area (Å²) in [7, 11) is 0. The fourth-order valence-corrected chi connectivity index (χ4v) is 0.424. The summed E-state index contributed by atoms with van der Waals surface area (Å²) >= 11 is 0. The molecule has 0 aromatic rings. The largest absolute Gasteiger partial charge is 0.479 e. The number of carbonyl (C=O) groups is 1. The number of carboxylic acids is 1. The molecular weight excluding hydrogens is 165 g/mol. The second-order valence-electron chi connectivity index (χ2n) is 2.01. The Bertz CT molecular complexity index is 142. The van der Waals surface area contributed by atoms with Crippen LogP contribution in [-0.2, 0) is 4.79 Å². The molecule has 0 fully saturated rings. The van der Waals surface area contributed by atoms with Crippen molar-refractivity contribution < 1.29 is 28.2 Å². The highest BCUT2D eigenvalue weighted by Gasteiger charge is 2.29. The summed E-state index contributed by atoms with van der Waals surface area (Å²) in [6, 6.07) is 0. The zero-order chi connectivity index (χ0) is 9.07. The molecule has 0 heterocycles. The Labute approximate surface area is 60.4 Å². The topological polar surface area (TPSA) is 57.5 Å². The molecule has 2 N–H and O–H groups in total. The third-order valence-electron chi connectivity index (χ3n) is 0.986. The molecule has 0 saturated heterocycles. The molecule has 3 nitrogen and oxygen atoms in total. The number of aliphatic hydroxyl groups is 1. The maximum atomic E-state index is 11.4. The predicted octanol–water partition coefficient (Wildman–Crippen LogP) is 0.774. The summed E-state index contributed by atoms with van der Waals surface area (Å²) in [6.07, 6.45) is -8.40. The van der Waals surface area contributed by atoms with E-state index in [-0.39, 0.29) is 0 Å². The first-order valence-corrected chi connectivity index (χ1v) is 2.80. The second-order valence-corrected chi connectivity index (χ2v) is 2.01. The monoisotopic (exact) mass is 172 g/mol. The molecule has 0 rings (SSSR count). The van der Waals surface area contributed by atoms with E-state index < -0.39 is 31.1 Å². The van der Waals surface area contributed by atoms with E-state index in [1.54, 1.807) is 0 Å². The van der Waals surface area contributed by atoms with Gasteiger partial charge in [0.2, 0.25) is 0 Å². The Hall–Kier alpha value is -0.780. The van der Waals surface area contributed by atoms with Crippen molar-refractivity contribution in [1.29, 1.82) is 0 Å². The zero-order valence-electron chi connectivity index (χ0n) is 5.43. The molecule has 0 aliphatic rings. The highest BCUT2D eigenvalue weighted by Crippen LogP contribution is 2.22. The van der Waals surface area contributed by atoms with Gasteiger partial charge in [0.05, 0.1) is 0 Å². The summed E-state index contributed by atoms with van der Waals surface area (Å²) in [6.45, 7) is 0. The maximum Gasteiger partial charge on any atom is 0.389 e. The van der Waals surface area contributed by atoms with Crippen molar-refractivity contribution in [1.82, 2.24) is 0 Å². The quantitative estimate of drug-likeness (QED) is 0.661. The van der Waals surface area contributed by atoms with E-state index in [4.69, 9.17) is 10.2 Å². The molecule has 0 spiro atoms. The number of carboxylic acid groups (broad SMARTS) is 1. The number of alkyl halides is 3. The Morgan fingerprint density at radius 1 is 1.45 bits per heavy atom. The Balaban J connectivity index is 3.63. The van der Waals surface area contributed by atoms with Gasteiger partial charge < -0.3 is 10.2 Å². The molecule has 6 heteroatoms. The lowest BCUT2D eigenvalue weighted by molar-refractivity contribution is -0.154. The fraction of sp³-hybridized carbons (Fsp3) is 0.800. The van der Waals surface area contributed by atoms with Gasteiger partial charge in [0.1, 0.15) is 0 Å². The van der Waals surface area contributed by atoms with E-state index in [0.29, 0.717) is 0 Å². The summed E-state index contributed by atoms with van der Waals surface area (Å²) in [5.41, 5.74) is 0. The normalized spacial score (nSPS) is 14.5. The van der Waals surface area contributed by atoms with Crippen LogP contribution in [0.1, 0.15) is 12.8 Å². The number of rotatable bonds is 3. The average Bonchev–Trinajstić information content (AvgIpc) is 1.80. The lowest BCUT2D eigenvalue weighted by Gasteiger charge is -2.07. The van der Waals surface area contributed by atoms with Crippen LogP contribution in [0.4, 0.5) is 13.2 Å². The van der Waals surface area contributed by atoms with Crippen LogP contribution in [0.2, 0.25) is 0 Å². The molecule has 0 bridgehead atoms. The summed E-state index contributed by atoms with van der Waals surface area (Å²) in [5.74, 6) is -1.63. The second kappa shape index (κ2) is 3.56. The Kier molecular flexibility index (Phi) is 3.31. The van der Waals surface area contributed by atoms with Gasteiger partial charge in [-0.3, -0.25) is 0 Å². The van der Waals surface area contributed by atoms with Gasteiger partial charge in [-0.05, 0) is 6.42 Å². The average molecular weight is 172 g/mol. The maximum absolute atomic E-state index is 11.4. The van der Waals surface area contributed by atoms with Gasteiger partial charge in [-0.15, -0.1) is 0 Å². The molecular formula is C5H7F3O3. The molecule has 0 aromatic heterocycles. The molecule has 0 saturated carbocycles. The standard InChI is InChI=1S/C5H7F3O3/c6-5(7,8)2-1-3(9)4(10)11/h3,9H,1-2H2,(H,10,11). The lowest BCUT2D eigenvalue weighted by Crippen LogP contribution is -2.22. The van der Waals surface area contributed by atoms with Gasteiger partial charge in [-0.1, -0.05) is 0 Å². The zero-order valence-corrected chi connectivity index (χ0v) is 5.43. The van der Waals surface area contributed by atoms with Gasteiger partial charge in [-0.25, -0.2) is 4.79 Å². The first-order valence-electron chi connectivity index (χ1n) is 2.80. The molecule has 0 aliphatic carbocycles. The minimum absolute atomic E-state index is 0.793. The Morgan fingerprint density at radius 3 is 2.18 bits per heavy atom. The number of halogens is 3. The van der Waals surface area contributed by atoms with Crippen molar-refractivity contribution in [2.45, 2.75) is 25.1 Å². The minimum atomic E-state index is -4.41. The van der Waals surface area contributed by atoms with E-state index in [2.05, 4.69) is 0 Å². The third-order valence-corrected chi connectivity index (χ3v) is 0.986. The summed E-state index contributed by atoms with van der Waals surface area (Å²) < 4.78 is 34.1. The summed E-state index contributed by atoms with van der Waals surface area (Å²) in [5, 5.41) is 16.4. The number of aliphatic hydroxyl groups excluding tert-OH is 1. The van der Waals surface area contributed by atoms with E-state index in [0.717, 1.165) is 0 Å². The van der Waals surface area contributed by atoms with Crippen LogP contribution in [0.25, 0.3) is 0 Å². The fourth-order valence-electron chi connectivity index (χ4n) is 0.424. The molecule has 0 aromatic carbocycles. The van der Waals surface area contributed by atoms with Gasteiger partial charge in [-0.2, -0.15) is 13.2 Å². The van der Waals surface area contributed by atoms with Gasteiger partial charge >= 0.3 is 12.1 Å². The lowest BCUT2D eigenvalue weighted by atomic mass is 10.2. The smallest absolute Gasteiger partial charge is 0.389 e. The van der Waals surface area contributed by atoms with Gasteiger partial charge in [0.25, 0.3) is 0 Å². The highest BCUT2D eigenvalue weighted by molar-refractivity contribution is 5.71. The van der Waals surface area contributed by atoms with Crippen LogP contribution in [0, 0.1) is 0 Å².